The van der Waals surface area contributed by atoms with Crippen LogP contribution in [0.4, 0.5) is 10.9 Å². The zero-order valence-electron chi connectivity index (χ0n) is 16.8. The first kappa shape index (κ1) is 25.1. The number of halogens is 2. The second-order valence-electron chi connectivity index (χ2n) is 7.16. The highest BCUT2D eigenvalue weighted by molar-refractivity contribution is 7.18. The van der Waals surface area contributed by atoms with Gasteiger partial charge in [0, 0.05) is 29.0 Å². The van der Waals surface area contributed by atoms with Gasteiger partial charge in [0.25, 0.3) is 0 Å². The molecular formula is C20H29Cl2N5OS2. The number of hydrogen-bond acceptors (Lipinski definition) is 8. The molecule has 10 heteroatoms. The molecule has 0 aromatic carbocycles. The van der Waals surface area contributed by atoms with Crippen LogP contribution >= 0.6 is 47.5 Å². The van der Waals surface area contributed by atoms with Crippen LogP contribution in [0.3, 0.4) is 0 Å². The van der Waals surface area contributed by atoms with Gasteiger partial charge in [0.15, 0.2) is 5.13 Å². The highest BCUT2D eigenvalue weighted by atomic mass is 35.5. The maximum absolute atomic E-state index is 5.82. The Morgan fingerprint density at radius 3 is 2.60 bits per heavy atom. The van der Waals surface area contributed by atoms with E-state index in [1.165, 1.54) is 49.8 Å². The van der Waals surface area contributed by atoms with E-state index in [0.717, 1.165) is 27.7 Å². The Morgan fingerprint density at radius 1 is 1.03 bits per heavy atom. The third-order valence-corrected chi connectivity index (χ3v) is 6.77. The van der Waals surface area contributed by atoms with Crippen molar-refractivity contribution < 1.29 is 4.74 Å². The lowest BCUT2D eigenvalue weighted by atomic mass is 9.97. The summed E-state index contributed by atoms with van der Waals surface area (Å²) in [6, 6.07) is 2.70. The number of ether oxygens (including phenoxy) is 1. The molecule has 0 saturated heterocycles. The molecule has 0 atom stereocenters. The molecule has 3 heterocycles. The molecule has 0 spiro atoms. The van der Waals surface area contributed by atoms with E-state index < -0.39 is 0 Å². The quantitative estimate of drug-likeness (QED) is 0.370. The number of aromatic nitrogens is 3. The molecule has 30 heavy (non-hydrogen) atoms. The maximum atomic E-state index is 5.82. The minimum Gasteiger partial charge on any atom is -0.374 e. The lowest BCUT2D eigenvalue weighted by Crippen LogP contribution is -2.21. The zero-order chi connectivity index (χ0) is 19.0. The van der Waals surface area contributed by atoms with E-state index in [4.69, 9.17) is 4.74 Å². The van der Waals surface area contributed by atoms with Crippen molar-refractivity contribution in [2.75, 3.05) is 23.8 Å². The predicted octanol–water partition coefficient (Wildman–Crippen LogP) is 6.14. The number of thiazole rings is 1. The third-order valence-electron chi connectivity index (χ3n) is 5.03. The molecule has 0 aliphatic heterocycles. The monoisotopic (exact) mass is 489 g/mol. The number of hydrogen-bond donors (Lipinski definition) is 2. The Morgan fingerprint density at radius 2 is 1.83 bits per heavy atom. The van der Waals surface area contributed by atoms with Crippen LogP contribution in [0.5, 0.6) is 0 Å². The highest BCUT2D eigenvalue weighted by Crippen LogP contribution is 2.30. The van der Waals surface area contributed by atoms with Gasteiger partial charge in [-0.25, -0.2) is 15.0 Å². The number of nitrogens with one attached hydrogen (secondary N) is 2. The first-order valence-electron chi connectivity index (χ1n) is 10.1. The van der Waals surface area contributed by atoms with Crippen LogP contribution in [-0.2, 0) is 11.3 Å². The van der Waals surface area contributed by atoms with E-state index in [1.54, 1.807) is 35.2 Å². The van der Waals surface area contributed by atoms with Crippen molar-refractivity contribution in [1.82, 2.24) is 15.0 Å². The normalized spacial score (nSPS) is 14.9. The Kier molecular flexibility index (Phi) is 11.1. The molecule has 1 fully saturated rings. The average Bonchev–Trinajstić information content (AvgIpc) is 3.33. The molecule has 3 aromatic heterocycles. The van der Waals surface area contributed by atoms with Crippen LogP contribution < -0.4 is 10.6 Å². The summed E-state index contributed by atoms with van der Waals surface area (Å²) < 4.78 is 5.82. The molecule has 2 N–H and O–H groups in total. The minimum atomic E-state index is 0. The molecule has 3 aromatic rings. The fourth-order valence-electron chi connectivity index (χ4n) is 3.60. The number of fused-ring (bicyclic) bond motifs is 1. The molecule has 0 bridgehead atoms. The minimum absolute atomic E-state index is 0. The highest BCUT2D eigenvalue weighted by Gasteiger charge is 2.15. The largest absolute Gasteiger partial charge is 0.374 e. The van der Waals surface area contributed by atoms with Crippen LogP contribution in [0, 0.1) is 0 Å². The van der Waals surface area contributed by atoms with Crippen LogP contribution in [0.25, 0.3) is 10.2 Å². The summed E-state index contributed by atoms with van der Waals surface area (Å²) in [5.74, 6) is 0.975. The van der Waals surface area contributed by atoms with Gasteiger partial charge >= 0.3 is 0 Å². The van der Waals surface area contributed by atoms with Gasteiger partial charge in [0.1, 0.15) is 17.0 Å². The van der Waals surface area contributed by atoms with Gasteiger partial charge in [-0.3, -0.25) is 0 Å². The van der Waals surface area contributed by atoms with Gasteiger partial charge in [-0.2, -0.15) is 0 Å². The van der Waals surface area contributed by atoms with Crippen molar-refractivity contribution in [2.24, 2.45) is 0 Å². The Balaban J connectivity index is 0.00000160. The molecule has 6 nitrogen and oxygen atoms in total. The second kappa shape index (κ2) is 13.3. The maximum Gasteiger partial charge on any atom is 0.182 e. The number of thiophene rings is 1. The number of nitrogens with zero attached hydrogens (tertiary/aromatic N) is 3. The summed E-state index contributed by atoms with van der Waals surface area (Å²) in [5.41, 5.74) is 0. The predicted molar refractivity (Wildman–Crippen MR) is 132 cm³/mol. The lowest BCUT2D eigenvalue weighted by molar-refractivity contribution is 0.133. The molecule has 1 aliphatic carbocycles. The Bertz CT molecular complexity index is 854. The SMILES string of the molecule is Cl.Cl.c1csc(NCCOCc2cc3c(NC4CCCCCCC4)ncnc3s2)n1. The van der Waals surface area contributed by atoms with Crippen molar-refractivity contribution in [2.45, 2.75) is 57.6 Å². The molecular weight excluding hydrogens is 461 g/mol. The fourth-order valence-corrected chi connectivity index (χ4v) is 5.09. The van der Waals surface area contributed by atoms with Gasteiger partial charge in [-0.15, -0.1) is 47.5 Å². The summed E-state index contributed by atoms with van der Waals surface area (Å²) in [5, 5.41) is 11.0. The molecule has 4 rings (SSSR count). The van der Waals surface area contributed by atoms with Crippen LogP contribution in [0.2, 0.25) is 0 Å². The van der Waals surface area contributed by atoms with Crippen molar-refractivity contribution in [1.29, 1.82) is 0 Å². The Hall–Kier alpha value is -1.19. The van der Waals surface area contributed by atoms with Crippen molar-refractivity contribution in [3.05, 3.63) is 28.8 Å². The van der Waals surface area contributed by atoms with E-state index in [0.29, 0.717) is 19.3 Å². The summed E-state index contributed by atoms with van der Waals surface area (Å²) in [4.78, 5) is 15.4. The van der Waals surface area contributed by atoms with Gasteiger partial charge in [0.2, 0.25) is 0 Å². The first-order chi connectivity index (χ1) is 13.9. The molecule has 1 saturated carbocycles. The smallest absolute Gasteiger partial charge is 0.182 e. The standard InChI is InChI=1S/C20H27N5OS2.2ClH/c1-2-4-6-15(7-5-3-1)25-18-17-12-16(28-19(17)24-14-23-18)13-26-10-8-21-20-22-9-11-27-20;;/h9,11-12,14-15H,1-8,10,13H2,(H,21,22)(H,23,24,25);2*1H. The second-order valence-corrected chi connectivity index (χ2v) is 9.17. The van der Waals surface area contributed by atoms with E-state index in [2.05, 4.69) is 31.7 Å². The van der Waals surface area contributed by atoms with E-state index in [1.807, 2.05) is 5.38 Å². The Labute approximate surface area is 198 Å². The van der Waals surface area contributed by atoms with E-state index >= 15 is 0 Å². The van der Waals surface area contributed by atoms with Gasteiger partial charge in [0.05, 0.1) is 18.6 Å². The summed E-state index contributed by atoms with van der Waals surface area (Å²) in [6.45, 7) is 2.00. The summed E-state index contributed by atoms with van der Waals surface area (Å²) in [7, 11) is 0. The van der Waals surface area contributed by atoms with Crippen LogP contribution in [0.1, 0.15) is 49.8 Å². The lowest BCUT2D eigenvalue weighted by Gasteiger charge is -2.21. The van der Waals surface area contributed by atoms with E-state index in [9.17, 15) is 0 Å². The van der Waals surface area contributed by atoms with Crippen molar-refractivity contribution in [3.8, 4) is 0 Å². The van der Waals surface area contributed by atoms with Crippen LogP contribution in [0.15, 0.2) is 24.0 Å². The zero-order valence-corrected chi connectivity index (χ0v) is 20.1. The molecule has 1 aliphatic rings. The molecule has 0 unspecified atom stereocenters. The fraction of sp³-hybridized carbons (Fsp3) is 0.550. The van der Waals surface area contributed by atoms with E-state index in [-0.39, 0.29) is 24.8 Å². The van der Waals surface area contributed by atoms with Gasteiger partial charge in [-0.1, -0.05) is 32.1 Å². The number of rotatable bonds is 8. The van der Waals surface area contributed by atoms with Crippen molar-refractivity contribution in [3.63, 3.8) is 0 Å². The molecule has 0 amide bonds. The number of anilines is 2. The topological polar surface area (TPSA) is 72.0 Å². The summed E-state index contributed by atoms with van der Waals surface area (Å²) in [6.07, 6.45) is 12.7. The average molecular weight is 491 g/mol. The van der Waals surface area contributed by atoms with Crippen molar-refractivity contribution >= 4 is 68.7 Å². The van der Waals surface area contributed by atoms with Gasteiger partial charge < -0.3 is 15.4 Å². The van der Waals surface area contributed by atoms with Gasteiger partial charge in [-0.05, 0) is 18.9 Å². The summed E-state index contributed by atoms with van der Waals surface area (Å²) >= 11 is 3.29. The van der Waals surface area contributed by atoms with Crippen LogP contribution in [-0.4, -0.2) is 34.1 Å². The molecule has 166 valence electrons. The third kappa shape index (κ3) is 7.20. The first-order valence-corrected chi connectivity index (χ1v) is 11.8. The molecule has 0 radical (unpaired) electrons.